The Kier molecular flexibility index (Phi) is 7.72. The highest BCUT2D eigenvalue weighted by atomic mass is 32.2. The first-order valence-electron chi connectivity index (χ1n) is 9.81. The van der Waals surface area contributed by atoms with Crippen molar-refractivity contribution in [3.8, 4) is 0 Å². The van der Waals surface area contributed by atoms with Crippen LogP contribution in [0.15, 0.2) is 83.8 Å². The molecule has 0 unspecified atom stereocenters. The first kappa shape index (κ1) is 24.3. The van der Waals surface area contributed by atoms with Gasteiger partial charge in [0.15, 0.2) is 0 Å². The summed E-state index contributed by atoms with van der Waals surface area (Å²) in [5.74, 6) is -0.396. The predicted molar refractivity (Wildman–Crippen MR) is 117 cm³/mol. The molecule has 0 saturated heterocycles. The fourth-order valence-corrected chi connectivity index (χ4v) is 3.89. The van der Waals surface area contributed by atoms with Crippen molar-refractivity contribution < 1.29 is 31.1 Å². The summed E-state index contributed by atoms with van der Waals surface area (Å²) in [6.45, 7) is -1.29. The normalized spacial score (nSPS) is 11.7. The molecule has 0 aromatic heterocycles. The van der Waals surface area contributed by atoms with Gasteiger partial charge in [-0.05, 0) is 47.5 Å². The number of rotatable bonds is 9. The number of amides is 1. The first-order chi connectivity index (χ1) is 15.6. The average molecular weight is 478 g/mol. The first-order valence-corrected chi connectivity index (χ1v) is 11.3. The Morgan fingerprint density at radius 2 is 1.45 bits per heavy atom. The topological polar surface area (TPSA) is 84.5 Å². The van der Waals surface area contributed by atoms with Crippen molar-refractivity contribution >= 4 is 21.6 Å². The highest BCUT2D eigenvalue weighted by Crippen LogP contribution is 2.17. The summed E-state index contributed by atoms with van der Waals surface area (Å²) in [4.78, 5) is 12.4. The van der Waals surface area contributed by atoms with Gasteiger partial charge in [-0.25, -0.2) is 8.42 Å². The number of halogens is 3. The Morgan fingerprint density at radius 3 is 2.06 bits per heavy atom. The third-order valence-electron chi connectivity index (χ3n) is 4.46. The largest absolute Gasteiger partial charge is 0.411 e. The molecule has 3 aromatic carbocycles. The summed E-state index contributed by atoms with van der Waals surface area (Å²) < 4.78 is 68.3. The van der Waals surface area contributed by atoms with Gasteiger partial charge in [-0.15, -0.1) is 0 Å². The minimum Gasteiger partial charge on any atom is -0.367 e. The molecule has 0 fully saturated rings. The smallest absolute Gasteiger partial charge is 0.367 e. The fourth-order valence-electron chi connectivity index (χ4n) is 2.83. The van der Waals surface area contributed by atoms with E-state index in [1.807, 2.05) is 0 Å². The van der Waals surface area contributed by atoms with Crippen molar-refractivity contribution in [1.82, 2.24) is 5.32 Å². The third-order valence-corrected chi connectivity index (χ3v) is 5.86. The van der Waals surface area contributed by atoms with Gasteiger partial charge in [0.1, 0.15) is 6.61 Å². The minimum absolute atomic E-state index is 0.0197. The van der Waals surface area contributed by atoms with Crippen molar-refractivity contribution in [2.75, 3.05) is 11.3 Å². The summed E-state index contributed by atoms with van der Waals surface area (Å²) in [6.07, 6.45) is -4.37. The van der Waals surface area contributed by atoms with Crippen molar-refractivity contribution in [2.24, 2.45) is 0 Å². The standard InChI is InChI=1S/C23H21F3N2O4S/c24-23(25,26)16-32-15-18-8-6-17(7-9-18)14-27-22(29)19-10-12-21(13-11-19)33(30,31)28-20-4-2-1-3-5-20/h1-13,28H,14-16H2,(H,27,29). The number of alkyl halides is 3. The monoisotopic (exact) mass is 478 g/mol. The molecule has 0 bridgehead atoms. The lowest BCUT2D eigenvalue weighted by molar-refractivity contribution is -0.176. The molecule has 0 aliphatic heterocycles. The van der Waals surface area contributed by atoms with E-state index in [0.717, 1.165) is 5.56 Å². The van der Waals surface area contributed by atoms with E-state index in [9.17, 15) is 26.4 Å². The van der Waals surface area contributed by atoms with Crippen molar-refractivity contribution in [2.45, 2.75) is 24.2 Å². The number of nitrogens with one attached hydrogen (secondary N) is 2. The number of carbonyl (C=O) groups excluding carboxylic acids is 1. The Labute approximate surface area is 189 Å². The van der Waals surface area contributed by atoms with Gasteiger partial charge in [0.25, 0.3) is 15.9 Å². The van der Waals surface area contributed by atoms with Crippen LogP contribution in [0.1, 0.15) is 21.5 Å². The molecule has 0 aliphatic rings. The Hall–Kier alpha value is -3.37. The quantitative estimate of drug-likeness (QED) is 0.475. The second-order valence-corrected chi connectivity index (χ2v) is 8.79. The van der Waals surface area contributed by atoms with E-state index in [0.29, 0.717) is 11.3 Å². The lowest BCUT2D eigenvalue weighted by Gasteiger charge is -2.10. The number of hydrogen-bond donors (Lipinski definition) is 2. The zero-order chi connectivity index (χ0) is 23.9. The van der Waals surface area contributed by atoms with E-state index in [1.165, 1.54) is 24.3 Å². The van der Waals surface area contributed by atoms with E-state index < -0.39 is 28.7 Å². The third kappa shape index (κ3) is 7.62. The molecule has 0 saturated carbocycles. The Balaban J connectivity index is 1.52. The molecule has 0 heterocycles. The van der Waals surface area contributed by atoms with Gasteiger partial charge in [-0.2, -0.15) is 13.2 Å². The van der Waals surface area contributed by atoms with Gasteiger partial charge < -0.3 is 10.1 Å². The number of hydrogen-bond acceptors (Lipinski definition) is 4. The fraction of sp³-hybridized carbons (Fsp3) is 0.174. The van der Waals surface area contributed by atoms with E-state index in [2.05, 4.69) is 14.8 Å². The zero-order valence-electron chi connectivity index (χ0n) is 17.3. The van der Waals surface area contributed by atoms with E-state index in [-0.39, 0.29) is 23.6 Å². The highest BCUT2D eigenvalue weighted by Gasteiger charge is 2.27. The maximum atomic E-state index is 12.5. The molecule has 0 aliphatic carbocycles. The van der Waals surface area contributed by atoms with Crippen LogP contribution in [0.5, 0.6) is 0 Å². The Bertz CT molecular complexity index is 1170. The van der Waals surface area contributed by atoms with Crippen LogP contribution >= 0.6 is 0 Å². The van der Waals surface area contributed by atoms with Gasteiger partial charge in [0, 0.05) is 17.8 Å². The second kappa shape index (κ2) is 10.5. The number of benzene rings is 3. The maximum absolute atomic E-state index is 12.5. The molecule has 174 valence electrons. The van der Waals surface area contributed by atoms with Crippen LogP contribution in [-0.2, 0) is 27.9 Å². The van der Waals surface area contributed by atoms with Gasteiger partial charge in [-0.3, -0.25) is 9.52 Å². The van der Waals surface area contributed by atoms with Crippen LogP contribution in [-0.4, -0.2) is 27.1 Å². The van der Waals surface area contributed by atoms with Crippen LogP contribution in [0.3, 0.4) is 0 Å². The molecular weight excluding hydrogens is 457 g/mol. The molecule has 33 heavy (non-hydrogen) atoms. The number of anilines is 1. The molecule has 0 atom stereocenters. The van der Waals surface area contributed by atoms with Crippen LogP contribution in [0.25, 0.3) is 0 Å². The van der Waals surface area contributed by atoms with Gasteiger partial charge in [0.05, 0.1) is 11.5 Å². The van der Waals surface area contributed by atoms with Crippen molar-refractivity contribution in [1.29, 1.82) is 0 Å². The molecule has 10 heteroatoms. The Morgan fingerprint density at radius 1 is 0.848 bits per heavy atom. The van der Waals surface area contributed by atoms with Crippen LogP contribution in [0.2, 0.25) is 0 Å². The van der Waals surface area contributed by atoms with Crippen LogP contribution < -0.4 is 10.0 Å². The maximum Gasteiger partial charge on any atom is 0.411 e. The summed E-state index contributed by atoms with van der Waals surface area (Å²) in [5, 5.41) is 2.71. The summed E-state index contributed by atoms with van der Waals surface area (Å²) in [6, 6.07) is 20.6. The zero-order valence-corrected chi connectivity index (χ0v) is 18.1. The summed E-state index contributed by atoms with van der Waals surface area (Å²) in [7, 11) is -3.78. The van der Waals surface area contributed by atoms with E-state index in [4.69, 9.17) is 0 Å². The summed E-state index contributed by atoms with van der Waals surface area (Å²) >= 11 is 0. The van der Waals surface area contributed by atoms with Crippen LogP contribution in [0, 0.1) is 0 Å². The number of sulfonamides is 1. The predicted octanol–water partition coefficient (Wildman–Crippen LogP) is 4.50. The molecule has 6 nitrogen and oxygen atoms in total. The highest BCUT2D eigenvalue weighted by molar-refractivity contribution is 7.92. The SMILES string of the molecule is O=C(NCc1ccc(COCC(F)(F)F)cc1)c1ccc(S(=O)(=O)Nc2ccccc2)cc1. The van der Waals surface area contributed by atoms with E-state index in [1.54, 1.807) is 54.6 Å². The molecule has 3 rings (SSSR count). The number of carbonyl (C=O) groups is 1. The molecule has 2 N–H and O–H groups in total. The van der Waals surface area contributed by atoms with Gasteiger partial charge in [-0.1, -0.05) is 42.5 Å². The molecule has 0 radical (unpaired) electrons. The molecule has 1 amide bonds. The van der Waals surface area contributed by atoms with Crippen molar-refractivity contribution in [3.05, 3.63) is 95.6 Å². The summed E-state index contributed by atoms with van der Waals surface area (Å²) in [5.41, 5.74) is 2.03. The number of para-hydroxylation sites is 1. The lowest BCUT2D eigenvalue weighted by Crippen LogP contribution is -2.23. The second-order valence-electron chi connectivity index (χ2n) is 7.10. The number of ether oxygens (including phenoxy) is 1. The molecular formula is C23H21F3N2O4S. The van der Waals surface area contributed by atoms with E-state index >= 15 is 0 Å². The molecule has 3 aromatic rings. The molecule has 0 spiro atoms. The van der Waals surface area contributed by atoms with Gasteiger partial charge >= 0.3 is 6.18 Å². The lowest BCUT2D eigenvalue weighted by atomic mass is 10.1. The average Bonchev–Trinajstić information content (AvgIpc) is 2.78. The van der Waals surface area contributed by atoms with Crippen LogP contribution in [0.4, 0.5) is 18.9 Å². The minimum atomic E-state index is -4.37. The van der Waals surface area contributed by atoms with Gasteiger partial charge in [0.2, 0.25) is 0 Å². The van der Waals surface area contributed by atoms with Crippen molar-refractivity contribution in [3.63, 3.8) is 0 Å².